The van der Waals surface area contributed by atoms with E-state index in [1.807, 2.05) is 13.0 Å². The Bertz CT molecular complexity index is 619. The molecule has 0 aromatic heterocycles. The van der Waals surface area contributed by atoms with Gasteiger partial charge in [0, 0.05) is 30.7 Å². The van der Waals surface area contributed by atoms with E-state index in [4.69, 9.17) is 16.3 Å². The molecule has 6 heteroatoms. The topological polar surface area (TPSA) is 49.9 Å². The molecule has 0 saturated carbocycles. The Hall–Kier alpha value is -1.59. The number of carbonyl (C=O) groups is 2. The van der Waals surface area contributed by atoms with E-state index in [9.17, 15) is 9.59 Å². The van der Waals surface area contributed by atoms with E-state index in [-0.39, 0.29) is 23.8 Å². The minimum absolute atomic E-state index is 0.0561. The summed E-state index contributed by atoms with van der Waals surface area (Å²) in [5.74, 6) is -0.304. The molecule has 5 nitrogen and oxygen atoms in total. The summed E-state index contributed by atoms with van der Waals surface area (Å²) in [6.07, 6.45) is 0. The van der Waals surface area contributed by atoms with Crippen molar-refractivity contribution < 1.29 is 14.3 Å². The number of fused-ring (bicyclic) bond motifs is 3. The average molecular weight is 323 g/mol. The van der Waals surface area contributed by atoms with E-state index in [1.54, 1.807) is 29.0 Å². The lowest BCUT2D eigenvalue weighted by molar-refractivity contribution is -0.133. The molecule has 2 aliphatic rings. The molecule has 2 fully saturated rings. The van der Waals surface area contributed by atoms with Crippen LogP contribution in [0.5, 0.6) is 0 Å². The van der Waals surface area contributed by atoms with E-state index < -0.39 is 0 Å². The number of rotatable bonds is 1. The fourth-order valence-electron chi connectivity index (χ4n) is 3.06. The highest BCUT2D eigenvalue weighted by atomic mass is 35.5. The van der Waals surface area contributed by atoms with E-state index in [1.165, 1.54) is 0 Å². The number of nitrogens with zero attached hydrogens (tertiary/aromatic N) is 2. The van der Waals surface area contributed by atoms with Gasteiger partial charge in [0.15, 0.2) is 0 Å². The summed E-state index contributed by atoms with van der Waals surface area (Å²) in [5, 5.41) is 0.542. The van der Waals surface area contributed by atoms with Crippen molar-refractivity contribution in [3.05, 3.63) is 34.3 Å². The second-order valence-electron chi connectivity index (χ2n) is 6.01. The molecular weight excluding hydrogens is 304 g/mol. The molecule has 0 aliphatic carbocycles. The van der Waals surface area contributed by atoms with Gasteiger partial charge in [0.2, 0.25) is 5.91 Å². The predicted molar refractivity (Wildman–Crippen MR) is 83.0 cm³/mol. The predicted octanol–water partition coefficient (Wildman–Crippen LogP) is 1.58. The minimum atomic E-state index is -0.291. The number of ether oxygens (including phenoxy) is 1. The number of benzene rings is 1. The van der Waals surface area contributed by atoms with Crippen LogP contribution in [0.15, 0.2) is 18.2 Å². The molecule has 2 aliphatic heterocycles. The van der Waals surface area contributed by atoms with E-state index in [0.29, 0.717) is 36.9 Å². The second-order valence-corrected chi connectivity index (χ2v) is 6.44. The average Bonchev–Trinajstić information content (AvgIpc) is 2.67. The Labute approximate surface area is 134 Å². The fraction of sp³-hybridized carbons (Fsp3) is 0.500. The van der Waals surface area contributed by atoms with Gasteiger partial charge in [0.1, 0.15) is 0 Å². The highest BCUT2D eigenvalue weighted by Gasteiger charge is 2.39. The van der Waals surface area contributed by atoms with Crippen LogP contribution in [0.4, 0.5) is 0 Å². The van der Waals surface area contributed by atoms with Crippen molar-refractivity contribution in [3.63, 3.8) is 0 Å². The quantitative estimate of drug-likeness (QED) is 0.788. The first-order valence-electron chi connectivity index (χ1n) is 7.37. The molecule has 0 N–H and O–H groups in total. The van der Waals surface area contributed by atoms with Crippen molar-refractivity contribution in [2.45, 2.75) is 13.0 Å². The lowest BCUT2D eigenvalue weighted by Gasteiger charge is -2.29. The van der Waals surface area contributed by atoms with Crippen molar-refractivity contribution in [1.82, 2.24) is 9.80 Å². The van der Waals surface area contributed by atoms with Gasteiger partial charge in [0.25, 0.3) is 5.91 Å². The molecule has 0 spiro atoms. The molecule has 3 rings (SSSR count). The van der Waals surface area contributed by atoms with Crippen LogP contribution in [0.3, 0.4) is 0 Å². The lowest BCUT2D eigenvalue weighted by Crippen LogP contribution is -2.45. The van der Waals surface area contributed by atoms with Crippen molar-refractivity contribution in [3.8, 4) is 0 Å². The number of hydrogen-bond donors (Lipinski definition) is 0. The van der Waals surface area contributed by atoms with Crippen LogP contribution in [0.1, 0.15) is 15.9 Å². The normalized spacial score (nSPS) is 25.1. The summed E-state index contributed by atoms with van der Waals surface area (Å²) < 4.78 is 5.56. The van der Waals surface area contributed by atoms with Gasteiger partial charge in [-0.3, -0.25) is 9.59 Å². The maximum Gasteiger partial charge on any atom is 0.254 e. The summed E-state index contributed by atoms with van der Waals surface area (Å²) in [6.45, 7) is 3.62. The lowest BCUT2D eigenvalue weighted by atomic mass is 10.1. The van der Waals surface area contributed by atoms with Gasteiger partial charge in [0.05, 0.1) is 25.2 Å². The summed E-state index contributed by atoms with van der Waals surface area (Å²) in [4.78, 5) is 28.7. The van der Waals surface area contributed by atoms with Gasteiger partial charge in [-0.05, 0) is 24.6 Å². The van der Waals surface area contributed by atoms with Gasteiger partial charge >= 0.3 is 0 Å². The number of amides is 2. The molecule has 118 valence electrons. The molecule has 2 heterocycles. The van der Waals surface area contributed by atoms with Crippen LogP contribution in [0.2, 0.25) is 5.02 Å². The van der Waals surface area contributed by atoms with Crippen LogP contribution in [0, 0.1) is 12.8 Å². The zero-order valence-corrected chi connectivity index (χ0v) is 13.5. The Kier molecular flexibility index (Phi) is 4.10. The first kappa shape index (κ1) is 15.3. The molecule has 2 saturated heterocycles. The summed E-state index contributed by atoms with van der Waals surface area (Å²) in [6, 6.07) is 5.22. The van der Waals surface area contributed by atoms with Crippen LogP contribution in [-0.2, 0) is 9.53 Å². The highest BCUT2D eigenvalue weighted by molar-refractivity contribution is 6.31. The van der Waals surface area contributed by atoms with Gasteiger partial charge in [-0.15, -0.1) is 0 Å². The molecule has 2 bridgehead atoms. The van der Waals surface area contributed by atoms with Crippen LogP contribution in [-0.4, -0.2) is 61.0 Å². The molecule has 22 heavy (non-hydrogen) atoms. The van der Waals surface area contributed by atoms with Gasteiger partial charge in [-0.25, -0.2) is 0 Å². The Morgan fingerprint density at radius 1 is 1.32 bits per heavy atom. The monoisotopic (exact) mass is 322 g/mol. The number of likely N-dealkylation sites (N-methyl/N-ethyl adjacent to an activating group) is 1. The summed E-state index contributed by atoms with van der Waals surface area (Å²) in [7, 11) is 1.79. The van der Waals surface area contributed by atoms with Crippen molar-refractivity contribution in [2.24, 2.45) is 5.92 Å². The first-order chi connectivity index (χ1) is 10.5. The van der Waals surface area contributed by atoms with Crippen molar-refractivity contribution in [2.75, 3.05) is 33.4 Å². The third-order valence-electron chi connectivity index (χ3n) is 4.46. The number of halogens is 1. The fourth-order valence-corrected chi connectivity index (χ4v) is 3.23. The number of hydrogen-bond acceptors (Lipinski definition) is 3. The van der Waals surface area contributed by atoms with Crippen molar-refractivity contribution >= 4 is 23.4 Å². The van der Waals surface area contributed by atoms with E-state index in [2.05, 4.69) is 0 Å². The van der Waals surface area contributed by atoms with Gasteiger partial charge < -0.3 is 14.5 Å². The standard InChI is InChI=1S/C16H19ClN2O3/c1-10-3-4-12(17)5-14(10)16(21)19-6-11-8-22-9-13(7-19)18(2)15(11)20/h3-5,11,13H,6-9H2,1-2H3/t11-,13+/m1/s1. The Morgan fingerprint density at radius 2 is 2.09 bits per heavy atom. The zero-order chi connectivity index (χ0) is 15.9. The van der Waals surface area contributed by atoms with E-state index in [0.717, 1.165) is 5.56 Å². The highest BCUT2D eigenvalue weighted by Crippen LogP contribution is 2.23. The Morgan fingerprint density at radius 3 is 2.86 bits per heavy atom. The molecule has 1 aromatic rings. The molecule has 2 atom stereocenters. The first-order valence-corrected chi connectivity index (χ1v) is 7.75. The minimum Gasteiger partial charge on any atom is -0.378 e. The zero-order valence-electron chi connectivity index (χ0n) is 12.7. The third kappa shape index (κ3) is 2.71. The summed E-state index contributed by atoms with van der Waals surface area (Å²) >= 11 is 6.02. The third-order valence-corrected chi connectivity index (χ3v) is 4.70. The molecular formula is C16H19ClN2O3. The molecule has 1 aromatic carbocycles. The molecule has 2 amide bonds. The maximum atomic E-state index is 12.9. The molecule has 0 radical (unpaired) electrons. The van der Waals surface area contributed by atoms with Gasteiger partial charge in [-0.1, -0.05) is 17.7 Å². The van der Waals surface area contributed by atoms with Crippen molar-refractivity contribution in [1.29, 1.82) is 0 Å². The Balaban J connectivity index is 1.90. The smallest absolute Gasteiger partial charge is 0.254 e. The SMILES string of the molecule is Cc1ccc(Cl)cc1C(=O)N1C[C@@H]2COC[C@H](C1)N(C)C2=O. The maximum absolute atomic E-state index is 12.9. The van der Waals surface area contributed by atoms with E-state index >= 15 is 0 Å². The van der Waals surface area contributed by atoms with Crippen LogP contribution >= 0.6 is 11.6 Å². The number of aryl methyl sites for hydroxylation is 1. The van der Waals surface area contributed by atoms with Crippen LogP contribution in [0.25, 0.3) is 0 Å². The number of carbonyl (C=O) groups excluding carboxylic acids is 2. The van der Waals surface area contributed by atoms with Gasteiger partial charge in [-0.2, -0.15) is 0 Å². The largest absolute Gasteiger partial charge is 0.378 e. The molecule has 0 unspecified atom stereocenters. The summed E-state index contributed by atoms with van der Waals surface area (Å²) in [5.41, 5.74) is 1.49. The van der Waals surface area contributed by atoms with Crippen LogP contribution < -0.4 is 0 Å². The second kappa shape index (κ2) is 5.89.